The van der Waals surface area contributed by atoms with Crippen molar-refractivity contribution in [1.82, 2.24) is 14.8 Å². The van der Waals surface area contributed by atoms with Crippen molar-refractivity contribution < 1.29 is 9.90 Å². The molecule has 9 heteroatoms. The molecule has 0 atom stereocenters. The van der Waals surface area contributed by atoms with Gasteiger partial charge >= 0.3 is 17.1 Å². The van der Waals surface area contributed by atoms with Crippen LogP contribution in [0.4, 0.5) is 5.69 Å². The highest BCUT2D eigenvalue weighted by Crippen LogP contribution is 2.30. The van der Waals surface area contributed by atoms with Crippen molar-refractivity contribution in [2.75, 3.05) is 5.73 Å². The van der Waals surface area contributed by atoms with E-state index in [9.17, 15) is 14.4 Å². The van der Waals surface area contributed by atoms with Crippen molar-refractivity contribution in [2.24, 2.45) is 7.05 Å². The third-order valence-electron chi connectivity index (χ3n) is 2.41. The molecule has 20 heavy (non-hydrogen) atoms. The van der Waals surface area contributed by atoms with Gasteiger partial charge in [0.25, 0.3) is 0 Å². The van der Waals surface area contributed by atoms with Crippen molar-refractivity contribution >= 4 is 23.4 Å². The molecule has 0 aliphatic carbocycles. The molecule has 0 amide bonds. The number of H-pyrrole nitrogens is 1. The summed E-state index contributed by atoms with van der Waals surface area (Å²) >= 11 is 0.989. The lowest BCUT2D eigenvalue weighted by molar-refractivity contribution is 0.0696. The number of carboxylic acid groups (broad SMARTS) is 1. The largest absolute Gasteiger partial charge is 0.478 e. The summed E-state index contributed by atoms with van der Waals surface area (Å²) in [5.41, 5.74) is 4.42. The van der Waals surface area contributed by atoms with E-state index in [1.165, 1.54) is 29.9 Å². The van der Waals surface area contributed by atoms with Gasteiger partial charge < -0.3 is 10.8 Å². The van der Waals surface area contributed by atoms with Gasteiger partial charge in [0, 0.05) is 17.6 Å². The van der Waals surface area contributed by atoms with Crippen LogP contribution in [0.25, 0.3) is 0 Å². The number of rotatable bonds is 3. The van der Waals surface area contributed by atoms with E-state index in [0.717, 1.165) is 11.8 Å². The van der Waals surface area contributed by atoms with Crippen molar-refractivity contribution in [3.05, 3.63) is 44.5 Å². The van der Waals surface area contributed by atoms with E-state index in [4.69, 9.17) is 10.8 Å². The second-order valence-corrected chi connectivity index (χ2v) is 4.87. The molecular weight excluding hydrogens is 284 g/mol. The summed E-state index contributed by atoms with van der Waals surface area (Å²) < 4.78 is 1.27. The molecule has 8 nitrogen and oxygen atoms in total. The third-order valence-corrected chi connectivity index (χ3v) is 3.53. The van der Waals surface area contributed by atoms with Gasteiger partial charge in [-0.3, -0.25) is 19.4 Å². The summed E-state index contributed by atoms with van der Waals surface area (Å²) in [6.07, 6.45) is 0. The molecular formula is C11H10N4O4S. The minimum absolute atomic E-state index is 0.0659. The number of carbonyl (C=O) groups is 1. The maximum atomic E-state index is 11.2. The minimum atomic E-state index is -1.09. The fourth-order valence-corrected chi connectivity index (χ4v) is 2.29. The van der Waals surface area contributed by atoms with Crippen LogP contribution in [0.3, 0.4) is 0 Å². The van der Waals surface area contributed by atoms with Gasteiger partial charge in [0.1, 0.15) is 0 Å². The first kappa shape index (κ1) is 13.9. The van der Waals surface area contributed by atoms with Gasteiger partial charge in [-0.15, -0.1) is 0 Å². The van der Waals surface area contributed by atoms with Gasteiger partial charge in [0.05, 0.1) is 5.56 Å². The molecule has 1 aromatic heterocycles. The number of nitrogens with zero attached hydrogens (tertiary/aromatic N) is 2. The number of benzene rings is 1. The zero-order valence-corrected chi connectivity index (χ0v) is 11.1. The van der Waals surface area contributed by atoms with Crippen LogP contribution < -0.4 is 16.9 Å². The van der Waals surface area contributed by atoms with Crippen LogP contribution in [-0.4, -0.2) is 25.8 Å². The number of nitrogens with one attached hydrogen (secondary N) is 1. The summed E-state index contributed by atoms with van der Waals surface area (Å²) in [5.74, 6) is -1.09. The highest BCUT2D eigenvalue weighted by molar-refractivity contribution is 7.99. The molecule has 0 spiro atoms. The van der Waals surface area contributed by atoms with Gasteiger partial charge in [-0.1, -0.05) is 0 Å². The Morgan fingerprint density at radius 1 is 1.45 bits per heavy atom. The third kappa shape index (κ3) is 2.72. The van der Waals surface area contributed by atoms with E-state index in [0.29, 0.717) is 10.6 Å². The van der Waals surface area contributed by atoms with Crippen LogP contribution in [0.15, 0.2) is 37.8 Å². The van der Waals surface area contributed by atoms with E-state index < -0.39 is 17.1 Å². The molecule has 0 unspecified atom stereocenters. The number of aromatic amines is 1. The lowest BCUT2D eigenvalue weighted by Gasteiger charge is -2.08. The molecule has 2 rings (SSSR count). The number of hydrogen-bond acceptors (Lipinski definition) is 6. The highest BCUT2D eigenvalue weighted by Gasteiger charge is 2.11. The maximum Gasteiger partial charge on any atom is 0.339 e. The monoisotopic (exact) mass is 294 g/mol. The van der Waals surface area contributed by atoms with Gasteiger partial charge in [-0.05, 0) is 30.0 Å². The van der Waals surface area contributed by atoms with E-state index in [-0.39, 0.29) is 10.7 Å². The number of nitrogen functional groups attached to an aromatic ring is 1. The Labute approximate surface area is 116 Å². The predicted octanol–water partition coefficient (Wildman–Crippen LogP) is -0.0998. The quantitative estimate of drug-likeness (QED) is 0.532. The SMILES string of the molecule is Cn1[nH]c(=O)c(=O)nc1Sc1cc(C(=O)O)ccc1N. The average Bonchev–Trinajstić information content (AvgIpc) is 2.38. The topological polar surface area (TPSA) is 131 Å². The van der Waals surface area contributed by atoms with E-state index >= 15 is 0 Å². The van der Waals surface area contributed by atoms with Crippen molar-refractivity contribution in [3.8, 4) is 0 Å². The van der Waals surface area contributed by atoms with Crippen molar-refractivity contribution in [2.45, 2.75) is 10.1 Å². The summed E-state index contributed by atoms with van der Waals surface area (Å²) in [7, 11) is 1.51. The molecule has 0 bridgehead atoms. The van der Waals surface area contributed by atoms with E-state index in [1.807, 2.05) is 0 Å². The highest BCUT2D eigenvalue weighted by atomic mass is 32.2. The first-order valence-electron chi connectivity index (χ1n) is 5.36. The number of carboxylic acids is 1. The molecule has 0 radical (unpaired) electrons. The fourth-order valence-electron chi connectivity index (χ4n) is 1.41. The van der Waals surface area contributed by atoms with Crippen LogP contribution in [-0.2, 0) is 7.05 Å². The van der Waals surface area contributed by atoms with Gasteiger partial charge in [0.15, 0.2) is 5.16 Å². The zero-order valence-electron chi connectivity index (χ0n) is 10.3. The maximum absolute atomic E-state index is 11.2. The van der Waals surface area contributed by atoms with Crippen LogP contribution in [0, 0.1) is 0 Å². The Morgan fingerprint density at radius 2 is 2.15 bits per heavy atom. The predicted molar refractivity (Wildman–Crippen MR) is 72.0 cm³/mol. The number of aryl methyl sites for hydroxylation is 1. The Morgan fingerprint density at radius 3 is 2.80 bits per heavy atom. The normalized spacial score (nSPS) is 10.4. The van der Waals surface area contributed by atoms with Crippen molar-refractivity contribution in [3.63, 3.8) is 0 Å². The van der Waals surface area contributed by atoms with Crippen molar-refractivity contribution in [1.29, 1.82) is 0 Å². The van der Waals surface area contributed by atoms with Gasteiger partial charge in [0.2, 0.25) is 0 Å². The standard InChI is InChI=1S/C11H10N4O4S/c1-15-11(13-8(16)9(17)14-15)20-7-4-5(10(18)19)2-3-6(7)12/h2-4H,12H2,1H3,(H,14,17)(H,18,19). The number of anilines is 1. The van der Waals surface area contributed by atoms with Gasteiger partial charge in [-0.25, -0.2) is 4.79 Å². The van der Waals surface area contributed by atoms with E-state index in [1.54, 1.807) is 0 Å². The van der Waals surface area contributed by atoms with Crippen LogP contribution in [0.1, 0.15) is 10.4 Å². The average molecular weight is 294 g/mol. The molecule has 0 fully saturated rings. The smallest absolute Gasteiger partial charge is 0.339 e. The summed E-state index contributed by atoms with van der Waals surface area (Å²) in [4.78, 5) is 37.3. The molecule has 4 N–H and O–H groups in total. The molecule has 2 aromatic rings. The summed E-state index contributed by atoms with van der Waals surface area (Å²) in [6, 6.07) is 4.20. The second-order valence-electron chi connectivity index (χ2n) is 3.86. The number of aromatic carboxylic acids is 1. The molecule has 104 valence electrons. The Kier molecular flexibility index (Phi) is 3.61. The lowest BCUT2D eigenvalue weighted by Crippen LogP contribution is -2.33. The summed E-state index contributed by atoms with van der Waals surface area (Å²) in [5, 5.41) is 11.4. The Bertz CT molecular complexity index is 796. The fraction of sp³-hybridized carbons (Fsp3) is 0.0909. The Hall–Kier alpha value is -2.55. The molecule has 1 heterocycles. The van der Waals surface area contributed by atoms with Gasteiger partial charge in [-0.2, -0.15) is 4.98 Å². The zero-order chi connectivity index (χ0) is 14.9. The lowest BCUT2D eigenvalue weighted by atomic mass is 10.2. The summed E-state index contributed by atoms with van der Waals surface area (Å²) in [6.45, 7) is 0. The molecule has 0 saturated heterocycles. The molecule has 0 aliphatic rings. The molecule has 1 aromatic carbocycles. The van der Waals surface area contributed by atoms with Crippen LogP contribution >= 0.6 is 11.8 Å². The van der Waals surface area contributed by atoms with Crippen LogP contribution in [0.2, 0.25) is 0 Å². The second kappa shape index (κ2) is 5.21. The number of hydrogen-bond donors (Lipinski definition) is 3. The minimum Gasteiger partial charge on any atom is -0.478 e. The number of nitrogens with two attached hydrogens (primary N) is 1. The first-order valence-corrected chi connectivity index (χ1v) is 6.18. The van der Waals surface area contributed by atoms with Crippen LogP contribution in [0.5, 0.6) is 0 Å². The molecule has 0 aliphatic heterocycles. The Balaban J connectivity index is 2.47. The van der Waals surface area contributed by atoms with E-state index in [2.05, 4.69) is 10.1 Å². The first-order chi connectivity index (χ1) is 9.38. The number of aromatic nitrogens is 3. The molecule has 0 saturated carbocycles.